The molecule has 0 aliphatic carbocycles. The number of hydrogen-bond acceptors (Lipinski definition) is 7. The maximum atomic E-state index is 11.8. The Labute approximate surface area is 264 Å². The number of carbonyl (C=O) groups excluding carboxylic acids is 2. The summed E-state index contributed by atoms with van der Waals surface area (Å²) in [7, 11) is 0. The van der Waals surface area contributed by atoms with Crippen LogP contribution in [0.1, 0.15) is 59.6 Å². The topological polar surface area (TPSA) is 77.1 Å². The van der Waals surface area contributed by atoms with Crippen LogP contribution in [0.15, 0.2) is 59.5 Å². The van der Waals surface area contributed by atoms with Gasteiger partial charge in [0, 0.05) is 18.2 Å². The third-order valence-electron chi connectivity index (χ3n) is 9.09. The number of likely N-dealkylation sites (tertiary alicyclic amines) is 1. The molecule has 3 aliphatic rings. The summed E-state index contributed by atoms with van der Waals surface area (Å²) in [4.78, 5) is 26.2. The summed E-state index contributed by atoms with van der Waals surface area (Å²) in [5.41, 5.74) is 6.51. The average molecular weight is 613 g/mol. The molecule has 0 bridgehead atoms. The van der Waals surface area contributed by atoms with Crippen LogP contribution in [0.3, 0.4) is 0 Å². The van der Waals surface area contributed by atoms with E-state index in [1.807, 2.05) is 42.5 Å². The van der Waals surface area contributed by atoms with Crippen molar-refractivity contribution < 1.29 is 23.8 Å². The Balaban J connectivity index is 1.08. The number of benzene rings is 3. The van der Waals surface area contributed by atoms with E-state index >= 15 is 0 Å². The molecule has 0 spiro atoms. The third kappa shape index (κ3) is 6.52. The minimum absolute atomic E-state index is 0.285. The molecule has 2 saturated heterocycles. The number of carbonyl (C=O) groups is 2. The van der Waals surface area contributed by atoms with Crippen LogP contribution in [-0.2, 0) is 17.8 Å². The molecule has 3 heterocycles. The lowest BCUT2D eigenvalue weighted by atomic mass is 9.86. The normalized spacial score (nSPS) is 22.5. The van der Waals surface area contributed by atoms with Crippen LogP contribution in [0.5, 0.6) is 17.2 Å². The fourth-order valence-corrected chi connectivity index (χ4v) is 7.17. The highest BCUT2D eigenvalue weighted by Crippen LogP contribution is 2.44. The second kappa shape index (κ2) is 12.7. The smallest absolute Gasteiger partial charge is 0.290 e. The molecule has 6 rings (SSSR count). The first kappa shape index (κ1) is 30.3. The molecular formula is C36H40N2O5S. The molecule has 44 heavy (non-hydrogen) atoms. The summed E-state index contributed by atoms with van der Waals surface area (Å²) < 4.78 is 19.5. The summed E-state index contributed by atoms with van der Waals surface area (Å²) in [5.74, 6) is 2.45. The van der Waals surface area contributed by atoms with Crippen molar-refractivity contribution in [2.24, 2.45) is 0 Å². The van der Waals surface area contributed by atoms with Gasteiger partial charge in [-0.05, 0) is 118 Å². The van der Waals surface area contributed by atoms with E-state index in [9.17, 15) is 9.59 Å². The van der Waals surface area contributed by atoms with Gasteiger partial charge in [-0.3, -0.25) is 19.8 Å². The van der Waals surface area contributed by atoms with E-state index in [1.165, 1.54) is 16.7 Å². The number of imide groups is 1. The first-order valence-corrected chi connectivity index (χ1v) is 16.2. The number of thioether (sulfide) groups is 1. The Morgan fingerprint density at radius 1 is 1.02 bits per heavy atom. The van der Waals surface area contributed by atoms with E-state index in [1.54, 1.807) is 6.08 Å². The monoisotopic (exact) mass is 612 g/mol. The largest absolute Gasteiger partial charge is 0.492 e. The number of nitrogens with zero attached hydrogens (tertiary/aromatic N) is 1. The van der Waals surface area contributed by atoms with Gasteiger partial charge in [-0.25, -0.2) is 0 Å². The summed E-state index contributed by atoms with van der Waals surface area (Å²) in [6, 6.07) is 18.3. The number of amides is 2. The molecule has 230 valence electrons. The second-order valence-electron chi connectivity index (χ2n) is 12.3. The van der Waals surface area contributed by atoms with Crippen LogP contribution in [0.2, 0.25) is 0 Å². The Bertz CT molecular complexity index is 1590. The number of rotatable bonds is 9. The van der Waals surface area contributed by atoms with Crippen molar-refractivity contribution in [2.45, 2.75) is 71.6 Å². The molecule has 2 fully saturated rings. The van der Waals surface area contributed by atoms with Gasteiger partial charge < -0.3 is 14.2 Å². The average Bonchev–Trinajstić information content (AvgIpc) is 3.59. The van der Waals surface area contributed by atoms with Crippen molar-refractivity contribution in [2.75, 3.05) is 19.7 Å². The number of ether oxygens (including phenoxy) is 3. The molecule has 3 aliphatic heterocycles. The molecule has 0 radical (unpaired) electrons. The van der Waals surface area contributed by atoms with E-state index in [0.29, 0.717) is 24.2 Å². The standard InChI is InChI=1S/C36H40N2O5S/c1-23-24(2)33-30(25(3)32(23)42-20-27-9-6-5-7-10-27)16-17-36(4,43-33)22-38-18-8-11-28(38)21-41-29-14-12-26(13-15-29)19-31-34(39)37-35(40)44-31/h5-7,9-10,12-15,19,28H,8,11,16-18,20-22H2,1-4H3,(H,37,39,40)/b31-19-/t28-,36?/m0/s1. The van der Waals surface area contributed by atoms with E-state index in [2.05, 4.69) is 50.0 Å². The third-order valence-corrected chi connectivity index (χ3v) is 9.90. The van der Waals surface area contributed by atoms with Crippen molar-refractivity contribution in [3.05, 3.63) is 92.9 Å². The summed E-state index contributed by atoms with van der Waals surface area (Å²) in [6.07, 6.45) is 5.87. The van der Waals surface area contributed by atoms with Crippen LogP contribution in [0, 0.1) is 20.8 Å². The lowest BCUT2D eigenvalue weighted by Crippen LogP contribution is -2.50. The first-order chi connectivity index (χ1) is 21.2. The highest BCUT2D eigenvalue weighted by Gasteiger charge is 2.39. The quantitative estimate of drug-likeness (QED) is 0.257. The Morgan fingerprint density at radius 3 is 2.52 bits per heavy atom. The van der Waals surface area contributed by atoms with Gasteiger partial charge >= 0.3 is 0 Å². The minimum Gasteiger partial charge on any atom is -0.492 e. The van der Waals surface area contributed by atoms with Gasteiger partial charge in [0.15, 0.2) is 0 Å². The maximum Gasteiger partial charge on any atom is 0.290 e. The van der Waals surface area contributed by atoms with Crippen LogP contribution in [-0.4, -0.2) is 47.4 Å². The fraction of sp³-hybridized carbons (Fsp3) is 0.389. The SMILES string of the molecule is Cc1c(C)c2c(c(C)c1OCc1ccccc1)CCC(C)(CN1CCC[C@H]1COc1ccc(/C=C3\SC(=O)NC3=O)cc1)O2. The van der Waals surface area contributed by atoms with Crippen molar-refractivity contribution >= 4 is 29.0 Å². The van der Waals surface area contributed by atoms with Gasteiger partial charge in [0.25, 0.3) is 11.1 Å². The fourth-order valence-electron chi connectivity index (χ4n) is 6.49. The predicted octanol–water partition coefficient (Wildman–Crippen LogP) is 7.14. The zero-order valence-electron chi connectivity index (χ0n) is 25.9. The van der Waals surface area contributed by atoms with E-state index in [0.717, 1.165) is 84.5 Å². The van der Waals surface area contributed by atoms with Crippen LogP contribution in [0.4, 0.5) is 4.79 Å². The molecule has 3 aromatic carbocycles. The number of hydrogen-bond donors (Lipinski definition) is 1. The first-order valence-electron chi connectivity index (χ1n) is 15.4. The van der Waals surface area contributed by atoms with Crippen LogP contribution < -0.4 is 19.5 Å². The van der Waals surface area contributed by atoms with Gasteiger partial charge in [-0.2, -0.15) is 0 Å². The molecule has 8 heteroatoms. The molecular weight excluding hydrogens is 572 g/mol. The molecule has 2 atom stereocenters. The van der Waals surface area contributed by atoms with E-state index in [-0.39, 0.29) is 16.7 Å². The van der Waals surface area contributed by atoms with Crippen molar-refractivity contribution in [1.82, 2.24) is 10.2 Å². The molecule has 3 aromatic rings. The predicted molar refractivity (Wildman–Crippen MR) is 174 cm³/mol. The van der Waals surface area contributed by atoms with Gasteiger partial charge in [0.2, 0.25) is 0 Å². The molecule has 1 unspecified atom stereocenters. The Morgan fingerprint density at radius 2 is 1.80 bits per heavy atom. The molecule has 0 saturated carbocycles. The summed E-state index contributed by atoms with van der Waals surface area (Å²) in [5, 5.41) is 1.95. The number of fused-ring (bicyclic) bond motifs is 1. The molecule has 2 amide bonds. The van der Waals surface area contributed by atoms with Gasteiger partial charge in [0.05, 0.1) is 4.91 Å². The zero-order chi connectivity index (χ0) is 30.8. The number of nitrogens with one attached hydrogen (secondary N) is 1. The van der Waals surface area contributed by atoms with Crippen LogP contribution in [0.25, 0.3) is 6.08 Å². The molecule has 1 N–H and O–H groups in total. The molecule has 7 nitrogen and oxygen atoms in total. The molecule has 0 aromatic heterocycles. The minimum atomic E-state index is -0.348. The second-order valence-corrected chi connectivity index (χ2v) is 13.4. The lowest BCUT2D eigenvalue weighted by Gasteiger charge is -2.41. The van der Waals surface area contributed by atoms with E-state index in [4.69, 9.17) is 14.2 Å². The van der Waals surface area contributed by atoms with Crippen molar-refractivity contribution in [3.63, 3.8) is 0 Å². The van der Waals surface area contributed by atoms with Gasteiger partial charge in [-0.1, -0.05) is 42.5 Å². The Kier molecular flexibility index (Phi) is 8.74. The van der Waals surface area contributed by atoms with Crippen molar-refractivity contribution in [3.8, 4) is 17.2 Å². The van der Waals surface area contributed by atoms with Gasteiger partial charge in [-0.15, -0.1) is 0 Å². The Hall–Kier alpha value is -3.75. The zero-order valence-corrected chi connectivity index (χ0v) is 26.7. The highest BCUT2D eigenvalue weighted by atomic mass is 32.2. The van der Waals surface area contributed by atoms with Crippen molar-refractivity contribution in [1.29, 1.82) is 0 Å². The van der Waals surface area contributed by atoms with E-state index < -0.39 is 0 Å². The van der Waals surface area contributed by atoms with Crippen LogP contribution >= 0.6 is 11.8 Å². The summed E-state index contributed by atoms with van der Waals surface area (Å²) in [6.45, 7) is 11.8. The lowest BCUT2D eigenvalue weighted by molar-refractivity contribution is -0.115. The summed E-state index contributed by atoms with van der Waals surface area (Å²) >= 11 is 0.923. The maximum absolute atomic E-state index is 11.8. The highest BCUT2D eigenvalue weighted by molar-refractivity contribution is 8.18. The van der Waals surface area contributed by atoms with Gasteiger partial charge in [0.1, 0.15) is 36.1 Å².